The Morgan fingerprint density at radius 1 is 1.43 bits per heavy atom. The van der Waals surface area contributed by atoms with E-state index in [1.165, 1.54) is 4.90 Å². The molecule has 0 saturated carbocycles. The van der Waals surface area contributed by atoms with Crippen LogP contribution in [0.15, 0.2) is 12.4 Å². The third kappa shape index (κ3) is 4.79. The summed E-state index contributed by atoms with van der Waals surface area (Å²) in [4.78, 5) is 26.4. The molecule has 1 fully saturated rings. The van der Waals surface area contributed by atoms with Crippen molar-refractivity contribution in [1.82, 2.24) is 14.7 Å². The fraction of sp³-hybridized carbons (Fsp3) is 0.688. The van der Waals surface area contributed by atoms with Gasteiger partial charge in [-0.05, 0) is 33.3 Å². The van der Waals surface area contributed by atoms with Crippen LogP contribution in [0.25, 0.3) is 0 Å². The summed E-state index contributed by atoms with van der Waals surface area (Å²) in [5.74, 6) is -0.0637. The molecule has 7 nitrogen and oxygen atoms in total. The third-order valence-electron chi connectivity index (χ3n) is 3.52. The molecule has 7 heteroatoms. The minimum Gasteiger partial charge on any atom is -0.444 e. The summed E-state index contributed by atoms with van der Waals surface area (Å²) in [7, 11) is 0. The zero-order chi connectivity index (χ0) is 17.0. The molecule has 1 unspecified atom stereocenters. The standard InChI is InChI=1S/C16H25N3O4/c1-5-18-10-12(9-17-18)8-14(20)13-11-22-7-6-19(13)15(21)23-16(2,3)4/h9-10,13H,5-8,11H2,1-4H3. The van der Waals surface area contributed by atoms with E-state index in [4.69, 9.17) is 9.47 Å². The number of rotatable bonds is 4. The predicted octanol–water partition coefficient (Wildman–Crippen LogP) is 1.65. The Balaban J connectivity index is 2.04. The van der Waals surface area contributed by atoms with Crippen LogP contribution in [0.2, 0.25) is 0 Å². The molecule has 1 amide bonds. The number of morpholine rings is 1. The van der Waals surface area contributed by atoms with Crippen molar-refractivity contribution >= 4 is 11.9 Å². The number of aryl methyl sites for hydroxylation is 1. The molecule has 1 aromatic rings. The summed E-state index contributed by atoms with van der Waals surface area (Å²) in [6.07, 6.45) is 3.29. The van der Waals surface area contributed by atoms with Gasteiger partial charge in [0.1, 0.15) is 11.6 Å². The second kappa shape index (κ2) is 7.12. The first-order chi connectivity index (χ1) is 10.8. The minimum absolute atomic E-state index is 0.0637. The summed E-state index contributed by atoms with van der Waals surface area (Å²) < 4.78 is 12.5. The van der Waals surface area contributed by atoms with Crippen molar-refractivity contribution < 1.29 is 19.1 Å². The lowest BCUT2D eigenvalue weighted by Crippen LogP contribution is -2.54. The predicted molar refractivity (Wildman–Crippen MR) is 84.2 cm³/mol. The van der Waals surface area contributed by atoms with Crippen molar-refractivity contribution in [3.05, 3.63) is 18.0 Å². The van der Waals surface area contributed by atoms with Crippen LogP contribution in [0.5, 0.6) is 0 Å². The fourth-order valence-corrected chi connectivity index (χ4v) is 2.40. The van der Waals surface area contributed by atoms with E-state index in [0.717, 1.165) is 12.1 Å². The summed E-state index contributed by atoms with van der Waals surface area (Å²) in [6, 6.07) is -0.608. The highest BCUT2D eigenvalue weighted by Gasteiger charge is 2.35. The molecule has 0 bridgehead atoms. The van der Waals surface area contributed by atoms with Gasteiger partial charge in [-0.1, -0.05) is 0 Å². The second-order valence-electron chi connectivity index (χ2n) is 6.61. The van der Waals surface area contributed by atoms with Crippen molar-refractivity contribution in [2.75, 3.05) is 19.8 Å². The first-order valence-electron chi connectivity index (χ1n) is 7.91. The monoisotopic (exact) mass is 323 g/mol. The van der Waals surface area contributed by atoms with Crippen molar-refractivity contribution in [1.29, 1.82) is 0 Å². The summed E-state index contributed by atoms with van der Waals surface area (Å²) in [6.45, 7) is 9.14. The Hall–Kier alpha value is -1.89. The normalized spacial score (nSPS) is 18.8. The topological polar surface area (TPSA) is 73.7 Å². The van der Waals surface area contributed by atoms with E-state index in [2.05, 4.69) is 5.10 Å². The zero-order valence-electron chi connectivity index (χ0n) is 14.2. The first kappa shape index (κ1) is 17.5. The van der Waals surface area contributed by atoms with Crippen molar-refractivity contribution in [2.24, 2.45) is 0 Å². The molecule has 1 aliphatic rings. The third-order valence-corrected chi connectivity index (χ3v) is 3.52. The van der Waals surface area contributed by atoms with Crippen LogP contribution in [0.4, 0.5) is 4.79 Å². The molecule has 0 spiro atoms. The van der Waals surface area contributed by atoms with Gasteiger partial charge in [0.05, 0.1) is 19.4 Å². The molecule has 0 aliphatic carbocycles. The Labute approximate surface area is 136 Å². The highest BCUT2D eigenvalue weighted by Crippen LogP contribution is 2.16. The van der Waals surface area contributed by atoms with Crippen molar-refractivity contribution in [2.45, 2.75) is 52.3 Å². The van der Waals surface area contributed by atoms with Crippen LogP contribution >= 0.6 is 0 Å². The number of hydrogen-bond acceptors (Lipinski definition) is 5. The Bertz CT molecular complexity index is 562. The zero-order valence-corrected chi connectivity index (χ0v) is 14.2. The largest absolute Gasteiger partial charge is 0.444 e. The molecular weight excluding hydrogens is 298 g/mol. The number of amides is 1. The Morgan fingerprint density at radius 3 is 2.78 bits per heavy atom. The molecule has 1 aromatic heterocycles. The van der Waals surface area contributed by atoms with E-state index >= 15 is 0 Å². The molecule has 2 rings (SSSR count). The van der Waals surface area contributed by atoms with Crippen LogP contribution < -0.4 is 0 Å². The lowest BCUT2D eigenvalue weighted by molar-refractivity contribution is -0.129. The molecule has 1 saturated heterocycles. The first-order valence-corrected chi connectivity index (χ1v) is 7.91. The van der Waals surface area contributed by atoms with E-state index < -0.39 is 17.7 Å². The lowest BCUT2D eigenvalue weighted by atomic mass is 10.0. The van der Waals surface area contributed by atoms with Crippen LogP contribution in [0.3, 0.4) is 0 Å². The minimum atomic E-state index is -0.608. The number of ether oxygens (including phenoxy) is 2. The fourth-order valence-electron chi connectivity index (χ4n) is 2.40. The quantitative estimate of drug-likeness (QED) is 0.842. The van der Waals surface area contributed by atoms with Gasteiger partial charge in [0.15, 0.2) is 5.78 Å². The molecule has 0 radical (unpaired) electrons. The average Bonchev–Trinajstić information content (AvgIpc) is 2.93. The molecular formula is C16H25N3O4. The van der Waals surface area contributed by atoms with Gasteiger partial charge < -0.3 is 9.47 Å². The number of nitrogens with zero attached hydrogens (tertiary/aromatic N) is 3. The van der Waals surface area contributed by atoms with Gasteiger partial charge >= 0.3 is 6.09 Å². The summed E-state index contributed by atoms with van der Waals surface area (Å²) in [5, 5.41) is 4.16. The lowest BCUT2D eigenvalue weighted by Gasteiger charge is -2.35. The van der Waals surface area contributed by atoms with Gasteiger partial charge in [0.25, 0.3) is 0 Å². The molecule has 1 aliphatic heterocycles. The molecule has 0 aromatic carbocycles. The Kier molecular flexibility index (Phi) is 5.41. The van der Waals surface area contributed by atoms with Gasteiger partial charge in [-0.3, -0.25) is 14.4 Å². The van der Waals surface area contributed by atoms with E-state index in [0.29, 0.717) is 13.2 Å². The number of carbonyl (C=O) groups excluding carboxylic acids is 2. The average molecular weight is 323 g/mol. The SMILES string of the molecule is CCn1cc(CC(=O)C2COCCN2C(=O)OC(C)(C)C)cn1. The van der Waals surface area contributed by atoms with Gasteiger partial charge in [-0.2, -0.15) is 5.10 Å². The van der Waals surface area contributed by atoms with Crippen LogP contribution in [-0.2, 0) is 27.2 Å². The van der Waals surface area contributed by atoms with Gasteiger partial charge in [0, 0.05) is 25.7 Å². The maximum atomic E-state index is 12.6. The number of aromatic nitrogens is 2. The Morgan fingerprint density at radius 2 is 2.17 bits per heavy atom. The van der Waals surface area contributed by atoms with Gasteiger partial charge in [-0.15, -0.1) is 0 Å². The van der Waals surface area contributed by atoms with E-state index in [-0.39, 0.29) is 18.8 Å². The van der Waals surface area contributed by atoms with Crippen LogP contribution in [-0.4, -0.2) is 58.0 Å². The van der Waals surface area contributed by atoms with E-state index in [1.54, 1.807) is 31.6 Å². The highest BCUT2D eigenvalue weighted by atomic mass is 16.6. The van der Waals surface area contributed by atoms with Gasteiger partial charge in [0.2, 0.25) is 0 Å². The van der Waals surface area contributed by atoms with E-state index in [1.807, 2.05) is 13.1 Å². The molecule has 2 heterocycles. The van der Waals surface area contributed by atoms with Crippen LogP contribution in [0.1, 0.15) is 33.3 Å². The maximum absolute atomic E-state index is 12.6. The number of carbonyl (C=O) groups is 2. The summed E-state index contributed by atoms with van der Waals surface area (Å²) >= 11 is 0. The van der Waals surface area contributed by atoms with Crippen LogP contribution in [0, 0.1) is 0 Å². The number of ketones is 1. The summed E-state index contributed by atoms with van der Waals surface area (Å²) in [5.41, 5.74) is 0.247. The molecule has 0 N–H and O–H groups in total. The van der Waals surface area contributed by atoms with Gasteiger partial charge in [-0.25, -0.2) is 4.79 Å². The number of Topliss-reactive ketones (excluding diaryl/α,β-unsaturated/α-hetero) is 1. The molecule has 1 atom stereocenters. The second-order valence-corrected chi connectivity index (χ2v) is 6.61. The smallest absolute Gasteiger partial charge is 0.411 e. The van der Waals surface area contributed by atoms with Crippen molar-refractivity contribution in [3.63, 3.8) is 0 Å². The molecule has 23 heavy (non-hydrogen) atoms. The number of hydrogen-bond donors (Lipinski definition) is 0. The maximum Gasteiger partial charge on any atom is 0.411 e. The van der Waals surface area contributed by atoms with Crippen molar-refractivity contribution in [3.8, 4) is 0 Å². The van der Waals surface area contributed by atoms with E-state index in [9.17, 15) is 9.59 Å². The highest BCUT2D eigenvalue weighted by molar-refractivity contribution is 5.89. The molecule has 128 valence electrons.